The molecular formula is C32H31N3O3. The molecule has 0 bridgehead atoms. The fourth-order valence-electron chi connectivity index (χ4n) is 5.09. The molecule has 192 valence electrons. The lowest BCUT2D eigenvalue weighted by molar-refractivity contribution is -0.151. The van der Waals surface area contributed by atoms with Crippen LogP contribution in [0.1, 0.15) is 35.2 Å². The Balaban J connectivity index is 1.79. The van der Waals surface area contributed by atoms with Gasteiger partial charge >= 0.3 is 5.97 Å². The number of aliphatic imine (C=N–C) groups is 1. The van der Waals surface area contributed by atoms with E-state index in [9.17, 15) is 4.79 Å². The molecule has 38 heavy (non-hydrogen) atoms. The Morgan fingerprint density at radius 2 is 1.53 bits per heavy atom. The number of carbonyl (C=O) groups excluding carboxylic acids is 1. The second kappa shape index (κ2) is 10.8. The van der Waals surface area contributed by atoms with Gasteiger partial charge in [-0.25, -0.2) is 9.79 Å². The number of hydrogen-bond donors (Lipinski definition) is 1. The molecule has 2 atom stereocenters. The van der Waals surface area contributed by atoms with E-state index in [4.69, 9.17) is 20.2 Å². The van der Waals surface area contributed by atoms with E-state index < -0.39 is 17.6 Å². The Labute approximate surface area is 223 Å². The van der Waals surface area contributed by atoms with Gasteiger partial charge in [-0.3, -0.25) is 0 Å². The molecule has 0 unspecified atom stereocenters. The van der Waals surface area contributed by atoms with Gasteiger partial charge in [0.1, 0.15) is 11.6 Å². The molecule has 1 heterocycles. The molecular weight excluding hydrogens is 474 g/mol. The molecule has 0 aliphatic carbocycles. The van der Waals surface area contributed by atoms with Gasteiger partial charge in [-0.05, 0) is 60.0 Å². The first-order valence-electron chi connectivity index (χ1n) is 12.7. The highest BCUT2D eigenvalue weighted by Crippen LogP contribution is 2.50. The molecule has 1 aliphatic heterocycles. The molecule has 5 rings (SSSR count). The Morgan fingerprint density at radius 3 is 2.13 bits per heavy atom. The molecule has 0 radical (unpaired) electrons. The number of benzene rings is 4. The quantitative estimate of drug-likeness (QED) is 0.244. The van der Waals surface area contributed by atoms with Gasteiger partial charge in [0, 0.05) is 17.8 Å². The van der Waals surface area contributed by atoms with E-state index in [1.165, 1.54) is 0 Å². The lowest BCUT2D eigenvalue weighted by atomic mass is 9.79. The Bertz CT molecular complexity index is 1400. The van der Waals surface area contributed by atoms with Crippen LogP contribution in [0.2, 0.25) is 0 Å². The van der Waals surface area contributed by atoms with Gasteiger partial charge in [-0.15, -0.1) is 0 Å². The van der Waals surface area contributed by atoms with E-state index in [-0.39, 0.29) is 6.61 Å². The summed E-state index contributed by atoms with van der Waals surface area (Å²) in [6.07, 6.45) is 0. The Hall–Kier alpha value is -4.58. The van der Waals surface area contributed by atoms with Crippen LogP contribution in [0.5, 0.6) is 5.75 Å². The van der Waals surface area contributed by atoms with Crippen LogP contribution in [0, 0.1) is 0 Å². The fourth-order valence-corrected chi connectivity index (χ4v) is 5.09. The molecule has 2 N–H and O–H groups in total. The van der Waals surface area contributed by atoms with Gasteiger partial charge in [0.15, 0.2) is 0 Å². The summed E-state index contributed by atoms with van der Waals surface area (Å²) in [6, 6.07) is 34.8. The molecule has 0 fully saturated rings. The fraction of sp³-hybridized carbons (Fsp3) is 0.188. The van der Waals surface area contributed by atoms with Gasteiger partial charge in [-0.1, -0.05) is 72.8 Å². The molecule has 4 aromatic carbocycles. The minimum atomic E-state index is -1.34. The van der Waals surface area contributed by atoms with Crippen molar-refractivity contribution in [1.29, 1.82) is 0 Å². The Kier molecular flexibility index (Phi) is 7.13. The number of rotatable bonds is 8. The van der Waals surface area contributed by atoms with Crippen LogP contribution in [0.15, 0.2) is 114 Å². The number of ether oxygens (including phenoxy) is 2. The van der Waals surface area contributed by atoms with Crippen LogP contribution in [0.4, 0.5) is 5.69 Å². The number of carbonyl (C=O) groups is 1. The second-order valence-electron chi connectivity index (χ2n) is 9.20. The van der Waals surface area contributed by atoms with Crippen molar-refractivity contribution in [3.8, 4) is 5.75 Å². The first kappa shape index (κ1) is 25.1. The van der Waals surface area contributed by atoms with Crippen LogP contribution in [-0.2, 0) is 21.6 Å². The van der Waals surface area contributed by atoms with Gasteiger partial charge in [0.2, 0.25) is 5.54 Å². The lowest BCUT2D eigenvalue weighted by Crippen LogP contribution is -2.44. The zero-order chi connectivity index (χ0) is 26.5. The van der Waals surface area contributed by atoms with Crippen molar-refractivity contribution in [2.75, 3.05) is 19.5 Å². The molecule has 0 amide bonds. The van der Waals surface area contributed by atoms with E-state index in [0.29, 0.717) is 18.1 Å². The lowest BCUT2D eigenvalue weighted by Gasteiger charge is -2.37. The van der Waals surface area contributed by atoms with Crippen molar-refractivity contribution < 1.29 is 14.3 Å². The summed E-state index contributed by atoms with van der Waals surface area (Å²) in [5.74, 6) is 1.06. The van der Waals surface area contributed by atoms with E-state index in [2.05, 4.69) is 17.0 Å². The Morgan fingerprint density at radius 1 is 0.895 bits per heavy atom. The molecule has 4 aromatic rings. The largest absolute Gasteiger partial charge is 0.497 e. The third kappa shape index (κ3) is 4.61. The summed E-state index contributed by atoms with van der Waals surface area (Å²) in [4.78, 5) is 21.6. The number of nitrogen functional groups attached to an aromatic ring is 1. The van der Waals surface area contributed by atoms with Crippen molar-refractivity contribution in [1.82, 2.24) is 4.90 Å². The molecule has 0 aromatic heterocycles. The average Bonchev–Trinajstić information content (AvgIpc) is 3.30. The van der Waals surface area contributed by atoms with Gasteiger partial charge < -0.3 is 20.1 Å². The first-order chi connectivity index (χ1) is 18.6. The third-order valence-electron chi connectivity index (χ3n) is 6.86. The molecule has 0 saturated carbocycles. The minimum Gasteiger partial charge on any atom is -0.497 e. The standard InChI is InChI=1S/C32H31N3O3/c1-3-38-31(36)32(26-12-8-5-9-13-26)29(24-14-18-27(33)19-15-24)35(22-23-10-6-4-7-11-23)30(34-32)25-16-20-28(37-2)21-17-25/h4-21,29H,3,22,33H2,1-2H3/t29-,32-/m0/s1. The van der Waals surface area contributed by atoms with Crippen molar-refractivity contribution in [3.63, 3.8) is 0 Å². The molecule has 0 saturated heterocycles. The van der Waals surface area contributed by atoms with Crippen LogP contribution < -0.4 is 10.5 Å². The summed E-state index contributed by atoms with van der Waals surface area (Å²) in [5, 5.41) is 0. The summed E-state index contributed by atoms with van der Waals surface area (Å²) in [6.45, 7) is 2.60. The van der Waals surface area contributed by atoms with Gasteiger partial charge in [0.05, 0.1) is 19.8 Å². The number of methoxy groups -OCH3 is 1. The number of amidine groups is 1. The monoisotopic (exact) mass is 505 g/mol. The highest BCUT2D eigenvalue weighted by atomic mass is 16.5. The van der Waals surface area contributed by atoms with Crippen molar-refractivity contribution in [2.45, 2.75) is 25.0 Å². The smallest absolute Gasteiger partial charge is 0.341 e. The molecule has 6 nitrogen and oxygen atoms in total. The first-order valence-corrected chi connectivity index (χ1v) is 12.7. The topological polar surface area (TPSA) is 77.2 Å². The number of hydrogen-bond acceptors (Lipinski definition) is 6. The normalized spacial score (nSPS) is 18.6. The van der Waals surface area contributed by atoms with E-state index in [1.807, 2.05) is 104 Å². The molecule has 1 aliphatic rings. The van der Waals surface area contributed by atoms with Crippen LogP contribution in [-0.4, -0.2) is 30.4 Å². The van der Waals surface area contributed by atoms with Crippen molar-refractivity contribution >= 4 is 17.5 Å². The number of nitrogens with zero attached hydrogens (tertiary/aromatic N) is 2. The van der Waals surface area contributed by atoms with E-state index in [1.54, 1.807) is 7.11 Å². The summed E-state index contributed by atoms with van der Waals surface area (Å²) in [5.41, 5.74) is 9.05. The maximum absolute atomic E-state index is 14.1. The molecule has 6 heteroatoms. The predicted octanol–water partition coefficient (Wildman–Crippen LogP) is 5.74. The summed E-state index contributed by atoms with van der Waals surface area (Å²) in [7, 11) is 1.64. The van der Waals surface area contributed by atoms with Gasteiger partial charge in [0.25, 0.3) is 0 Å². The third-order valence-corrected chi connectivity index (χ3v) is 6.86. The number of nitrogens with two attached hydrogens (primary N) is 1. The van der Waals surface area contributed by atoms with Crippen LogP contribution in [0.3, 0.4) is 0 Å². The van der Waals surface area contributed by atoms with Crippen LogP contribution in [0.25, 0.3) is 0 Å². The van der Waals surface area contributed by atoms with Crippen LogP contribution >= 0.6 is 0 Å². The molecule has 0 spiro atoms. The zero-order valence-electron chi connectivity index (χ0n) is 21.6. The SMILES string of the molecule is CCOC(=O)[C@@]1(c2ccccc2)N=C(c2ccc(OC)cc2)N(Cc2ccccc2)[C@H]1c1ccc(N)cc1. The average molecular weight is 506 g/mol. The van der Waals surface area contributed by atoms with E-state index in [0.717, 1.165) is 28.0 Å². The maximum Gasteiger partial charge on any atom is 0.341 e. The van der Waals surface area contributed by atoms with Crippen molar-refractivity contribution in [2.24, 2.45) is 4.99 Å². The second-order valence-corrected chi connectivity index (χ2v) is 9.20. The highest BCUT2D eigenvalue weighted by molar-refractivity contribution is 6.04. The zero-order valence-corrected chi connectivity index (χ0v) is 21.6. The van der Waals surface area contributed by atoms with Crippen molar-refractivity contribution in [3.05, 3.63) is 131 Å². The number of anilines is 1. The van der Waals surface area contributed by atoms with Gasteiger partial charge in [-0.2, -0.15) is 0 Å². The maximum atomic E-state index is 14.1. The number of esters is 1. The van der Waals surface area contributed by atoms with E-state index >= 15 is 0 Å². The highest BCUT2D eigenvalue weighted by Gasteiger charge is 2.57. The minimum absolute atomic E-state index is 0.244. The summed E-state index contributed by atoms with van der Waals surface area (Å²) >= 11 is 0. The summed E-state index contributed by atoms with van der Waals surface area (Å²) < 4.78 is 11.2. The predicted molar refractivity (Wildman–Crippen MR) is 150 cm³/mol.